The van der Waals surface area contributed by atoms with Crippen LogP contribution in [-0.2, 0) is 0 Å². The van der Waals surface area contributed by atoms with Gasteiger partial charge in [-0.2, -0.15) is 0 Å². The maximum absolute atomic E-state index is 11.2. The van der Waals surface area contributed by atoms with Crippen molar-refractivity contribution in [2.45, 2.75) is 6.92 Å². The molecule has 5 heteroatoms. The van der Waals surface area contributed by atoms with E-state index in [1.807, 2.05) is 55.3 Å². The molecule has 0 bridgehead atoms. The molecule has 3 N–H and O–H groups in total. The molecular formula is C15H15N3O2. The second kappa shape index (κ2) is 4.45. The molecule has 0 aliphatic rings. The third-order valence-electron chi connectivity index (χ3n) is 3.34. The van der Waals surface area contributed by atoms with Crippen molar-refractivity contribution in [2.75, 3.05) is 17.7 Å². The Bertz CT molecular complexity index is 832. The van der Waals surface area contributed by atoms with Gasteiger partial charge in [-0.05, 0) is 36.8 Å². The Morgan fingerprint density at radius 2 is 2.00 bits per heavy atom. The number of nitrogens with two attached hydrogens (primary N) is 1. The molecule has 0 amide bonds. The van der Waals surface area contributed by atoms with Crippen molar-refractivity contribution >= 4 is 28.2 Å². The van der Waals surface area contributed by atoms with E-state index in [1.165, 1.54) is 0 Å². The number of hydrogen-bond acceptors (Lipinski definition) is 4. The van der Waals surface area contributed by atoms with E-state index in [0.717, 1.165) is 16.9 Å². The molecule has 0 fully saturated rings. The van der Waals surface area contributed by atoms with Gasteiger partial charge in [-0.3, -0.25) is 4.98 Å². The summed E-state index contributed by atoms with van der Waals surface area (Å²) in [5.41, 5.74) is 10.9. The highest BCUT2D eigenvalue weighted by Crippen LogP contribution is 2.31. The number of rotatable bonds is 2. The van der Waals surface area contributed by atoms with Crippen molar-refractivity contribution in [1.29, 1.82) is 0 Å². The van der Waals surface area contributed by atoms with Gasteiger partial charge in [-0.15, -0.1) is 0 Å². The number of nitrogens with one attached hydrogen (secondary N) is 1. The van der Waals surface area contributed by atoms with E-state index in [4.69, 9.17) is 10.2 Å². The van der Waals surface area contributed by atoms with E-state index in [9.17, 15) is 4.79 Å². The van der Waals surface area contributed by atoms with Crippen molar-refractivity contribution in [2.24, 2.45) is 0 Å². The minimum absolute atomic E-state index is 0.449. The molecule has 0 spiro atoms. The van der Waals surface area contributed by atoms with Gasteiger partial charge in [0.1, 0.15) is 0 Å². The largest absolute Gasteiger partial charge is 0.417 e. The van der Waals surface area contributed by atoms with Crippen LogP contribution in [0.3, 0.4) is 0 Å². The Hall–Kier alpha value is -2.69. The van der Waals surface area contributed by atoms with E-state index in [2.05, 4.69) is 4.98 Å². The Labute approximate surface area is 115 Å². The fourth-order valence-electron chi connectivity index (χ4n) is 2.23. The third-order valence-corrected chi connectivity index (χ3v) is 3.34. The van der Waals surface area contributed by atoms with Crippen LogP contribution in [0.1, 0.15) is 5.56 Å². The smallest absolute Gasteiger partial charge is 0.408 e. The van der Waals surface area contributed by atoms with Crippen LogP contribution < -0.4 is 16.4 Å². The normalized spacial score (nSPS) is 10.9. The van der Waals surface area contributed by atoms with Gasteiger partial charge in [-0.1, -0.05) is 6.07 Å². The maximum atomic E-state index is 11.2. The zero-order valence-corrected chi connectivity index (χ0v) is 11.3. The van der Waals surface area contributed by atoms with Crippen LogP contribution in [0.4, 0.5) is 17.1 Å². The van der Waals surface area contributed by atoms with Crippen molar-refractivity contribution < 1.29 is 4.42 Å². The lowest BCUT2D eigenvalue weighted by Crippen LogP contribution is -2.11. The first kappa shape index (κ1) is 12.3. The number of H-pyrrole nitrogens is 1. The SMILES string of the molecule is Cc1ccc(N)c(N(C)c2ccc3[nH]c(=O)oc3c2)c1. The number of aromatic amines is 1. The van der Waals surface area contributed by atoms with E-state index in [-0.39, 0.29) is 0 Å². The number of benzene rings is 2. The minimum Gasteiger partial charge on any atom is -0.408 e. The zero-order chi connectivity index (χ0) is 14.3. The van der Waals surface area contributed by atoms with Crippen molar-refractivity contribution in [3.63, 3.8) is 0 Å². The molecule has 1 heterocycles. The predicted octanol–water partition coefficient (Wildman–Crippen LogP) is 2.78. The van der Waals surface area contributed by atoms with Crippen molar-refractivity contribution in [3.8, 4) is 0 Å². The lowest BCUT2D eigenvalue weighted by atomic mass is 10.1. The topological polar surface area (TPSA) is 75.3 Å². The monoisotopic (exact) mass is 269 g/mol. The van der Waals surface area contributed by atoms with E-state index >= 15 is 0 Å². The molecule has 0 atom stereocenters. The molecule has 0 saturated carbocycles. The average Bonchev–Trinajstić information content (AvgIpc) is 2.79. The average molecular weight is 269 g/mol. The third kappa shape index (κ3) is 2.03. The van der Waals surface area contributed by atoms with Crippen molar-refractivity contribution in [1.82, 2.24) is 4.98 Å². The lowest BCUT2D eigenvalue weighted by molar-refractivity contribution is 0.555. The summed E-state index contributed by atoms with van der Waals surface area (Å²) in [5.74, 6) is -0.449. The van der Waals surface area contributed by atoms with Gasteiger partial charge < -0.3 is 15.1 Å². The molecule has 3 aromatic rings. The summed E-state index contributed by atoms with van der Waals surface area (Å²) < 4.78 is 5.08. The Kier molecular flexibility index (Phi) is 2.75. The maximum Gasteiger partial charge on any atom is 0.417 e. The van der Waals surface area contributed by atoms with E-state index in [0.29, 0.717) is 16.8 Å². The van der Waals surface area contributed by atoms with E-state index in [1.54, 1.807) is 0 Å². The van der Waals surface area contributed by atoms with Gasteiger partial charge in [0.15, 0.2) is 5.58 Å². The Balaban J connectivity index is 2.09. The summed E-state index contributed by atoms with van der Waals surface area (Å²) in [6.45, 7) is 2.02. The highest BCUT2D eigenvalue weighted by Gasteiger charge is 2.10. The summed E-state index contributed by atoms with van der Waals surface area (Å²) in [4.78, 5) is 15.8. The number of aryl methyl sites for hydroxylation is 1. The van der Waals surface area contributed by atoms with Gasteiger partial charge >= 0.3 is 5.76 Å². The number of nitrogens with zero attached hydrogens (tertiary/aromatic N) is 1. The molecule has 1 aromatic heterocycles. The fraction of sp³-hybridized carbons (Fsp3) is 0.133. The van der Waals surface area contributed by atoms with Crippen LogP contribution in [0.25, 0.3) is 11.1 Å². The minimum atomic E-state index is -0.449. The molecule has 0 aliphatic carbocycles. The first-order chi connectivity index (χ1) is 9.54. The quantitative estimate of drug-likeness (QED) is 0.701. The summed E-state index contributed by atoms with van der Waals surface area (Å²) >= 11 is 0. The fourth-order valence-corrected chi connectivity index (χ4v) is 2.23. The molecular weight excluding hydrogens is 254 g/mol. The molecule has 0 saturated heterocycles. The summed E-state index contributed by atoms with van der Waals surface area (Å²) in [6, 6.07) is 11.4. The number of anilines is 3. The van der Waals surface area contributed by atoms with Crippen LogP contribution in [0.2, 0.25) is 0 Å². The molecule has 0 unspecified atom stereocenters. The second-order valence-corrected chi connectivity index (χ2v) is 4.82. The van der Waals surface area contributed by atoms with Crippen LogP contribution in [-0.4, -0.2) is 12.0 Å². The number of oxazole rings is 1. The molecule has 0 aliphatic heterocycles. The van der Waals surface area contributed by atoms with Crippen LogP contribution in [0, 0.1) is 6.92 Å². The molecule has 5 nitrogen and oxygen atoms in total. The van der Waals surface area contributed by atoms with E-state index < -0.39 is 5.76 Å². The second-order valence-electron chi connectivity index (χ2n) is 4.82. The number of aromatic nitrogens is 1. The first-order valence-electron chi connectivity index (χ1n) is 6.27. The van der Waals surface area contributed by atoms with Crippen LogP contribution >= 0.6 is 0 Å². The molecule has 3 rings (SSSR count). The zero-order valence-electron chi connectivity index (χ0n) is 11.3. The van der Waals surface area contributed by atoms with Crippen molar-refractivity contribution in [3.05, 3.63) is 52.5 Å². The summed E-state index contributed by atoms with van der Waals surface area (Å²) in [5, 5.41) is 0. The summed E-state index contributed by atoms with van der Waals surface area (Å²) in [6.07, 6.45) is 0. The number of hydrogen-bond donors (Lipinski definition) is 2. The number of fused-ring (bicyclic) bond motifs is 1. The Morgan fingerprint density at radius 1 is 1.20 bits per heavy atom. The number of nitrogen functional groups attached to an aromatic ring is 1. The summed E-state index contributed by atoms with van der Waals surface area (Å²) in [7, 11) is 1.93. The highest BCUT2D eigenvalue weighted by atomic mass is 16.4. The van der Waals surface area contributed by atoms with Gasteiger partial charge in [-0.25, -0.2) is 4.79 Å². The molecule has 102 valence electrons. The van der Waals surface area contributed by atoms with Gasteiger partial charge in [0, 0.05) is 18.8 Å². The standard InChI is InChI=1S/C15H15N3O2/c1-9-3-5-11(16)13(7-9)18(2)10-4-6-12-14(8-10)20-15(19)17-12/h3-8H,16H2,1-2H3,(H,17,19). The highest BCUT2D eigenvalue weighted by molar-refractivity contribution is 5.81. The predicted molar refractivity (Wildman–Crippen MR) is 80.5 cm³/mol. The van der Waals surface area contributed by atoms with Crippen LogP contribution in [0.15, 0.2) is 45.6 Å². The molecule has 2 aromatic carbocycles. The first-order valence-corrected chi connectivity index (χ1v) is 6.27. The van der Waals surface area contributed by atoms with Gasteiger partial charge in [0.25, 0.3) is 0 Å². The lowest BCUT2D eigenvalue weighted by Gasteiger charge is -2.21. The molecule has 20 heavy (non-hydrogen) atoms. The van der Waals surface area contributed by atoms with Gasteiger partial charge in [0.05, 0.1) is 16.9 Å². The molecule has 0 radical (unpaired) electrons. The van der Waals surface area contributed by atoms with Crippen LogP contribution in [0.5, 0.6) is 0 Å². The van der Waals surface area contributed by atoms with Gasteiger partial charge in [0.2, 0.25) is 0 Å². The Morgan fingerprint density at radius 3 is 2.80 bits per heavy atom.